The summed E-state index contributed by atoms with van der Waals surface area (Å²) in [6, 6.07) is 5.11. The largest absolute Gasteiger partial charge is 0.307 e. The van der Waals surface area contributed by atoms with Gasteiger partial charge >= 0.3 is 0 Å². The van der Waals surface area contributed by atoms with Crippen molar-refractivity contribution in [3.8, 4) is 0 Å². The van der Waals surface area contributed by atoms with Crippen molar-refractivity contribution in [2.45, 2.75) is 6.42 Å². The Hall–Kier alpha value is -1.58. The highest BCUT2D eigenvalue weighted by Crippen LogP contribution is 2.21. The Morgan fingerprint density at radius 3 is 2.89 bits per heavy atom. The lowest BCUT2D eigenvalue weighted by atomic mass is 10.2. The van der Waals surface area contributed by atoms with Crippen molar-refractivity contribution >= 4 is 41.0 Å². The molecule has 3 nitrogen and oxygen atoms in total. The maximum absolute atomic E-state index is 11.7. The molecule has 0 unspecified atom stereocenters. The Balaban J connectivity index is 2.00. The standard InChI is InChI=1S/C14H12Cl2N2O/c15-11-6-4-10(12(16)9-11)5-7-14(19)18-13-3-1-2-8-17-13/h1,3-7,9H,2,8H2,(H,17,18,19)/b7-5+. The van der Waals surface area contributed by atoms with Crippen molar-refractivity contribution in [3.63, 3.8) is 0 Å². The first-order chi connectivity index (χ1) is 9.15. The third-order valence-corrected chi connectivity index (χ3v) is 3.04. The highest BCUT2D eigenvalue weighted by molar-refractivity contribution is 6.35. The minimum absolute atomic E-state index is 0.240. The summed E-state index contributed by atoms with van der Waals surface area (Å²) in [6.07, 6.45) is 7.74. The van der Waals surface area contributed by atoms with Crippen molar-refractivity contribution in [3.05, 3.63) is 52.0 Å². The molecular formula is C14H12Cl2N2O. The molecule has 1 aliphatic rings. The van der Waals surface area contributed by atoms with Crippen molar-refractivity contribution in [1.82, 2.24) is 5.32 Å². The Kier molecular flexibility index (Phi) is 4.77. The normalized spacial score (nSPS) is 14.5. The molecule has 0 aliphatic carbocycles. The average Bonchev–Trinajstić information content (AvgIpc) is 2.39. The predicted octanol–water partition coefficient (Wildman–Crippen LogP) is 3.48. The number of hydrogen-bond donors (Lipinski definition) is 1. The summed E-state index contributed by atoms with van der Waals surface area (Å²) in [5, 5.41) is 3.76. The van der Waals surface area contributed by atoms with E-state index in [1.54, 1.807) is 30.4 Å². The number of halogens is 2. The summed E-state index contributed by atoms with van der Waals surface area (Å²) in [4.78, 5) is 15.9. The van der Waals surface area contributed by atoms with Gasteiger partial charge in [0.25, 0.3) is 0 Å². The van der Waals surface area contributed by atoms with Crippen molar-refractivity contribution in [2.75, 3.05) is 6.54 Å². The molecule has 1 aromatic rings. The van der Waals surface area contributed by atoms with Crippen LogP contribution in [0.2, 0.25) is 10.0 Å². The first-order valence-electron chi connectivity index (χ1n) is 5.80. The molecule has 0 aromatic heterocycles. The Morgan fingerprint density at radius 1 is 1.37 bits per heavy atom. The number of rotatable bonds is 2. The van der Waals surface area contributed by atoms with E-state index in [1.165, 1.54) is 6.08 Å². The fourth-order valence-electron chi connectivity index (χ4n) is 1.56. The molecule has 0 radical (unpaired) electrons. The van der Waals surface area contributed by atoms with Gasteiger partial charge in [0.2, 0.25) is 5.91 Å². The minimum atomic E-state index is -0.240. The quantitative estimate of drug-likeness (QED) is 0.834. The van der Waals surface area contributed by atoms with E-state index in [9.17, 15) is 4.79 Å². The molecule has 1 N–H and O–H groups in total. The second-order valence-corrected chi connectivity index (χ2v) is 4.79. The van der Waals surface area contributed by atoms with Crippen LogP contribution in [-0.4, -0.2) is 18.3 Å². The number of nitrogens with zero attached hydrogens (tertiary/aromatic N) is 1. The van der Waals surface area contributed by atoms with E-state index in [-0.39, 0.29) is 5.91 Å². The lowest BCUT2D eigenvalue weighted by Crippen LogP contribution is -2.28. The average molecular weight is 295 g/mol. The predicted molar refractivity (Wildman–Crippen MR) is 79.7 cm³/mol. The number of amidine groups is 1. The number of hydrogen-bond acceptors (Lipinski definition) is 2. The van der Waals surface area contributed by atoms with Gasteiger partial charge in [-0.2, -0.15) is 0 Å². The summed E-state index contributed by atoms with van der Waals surface area (Å²) in [5.41, 5.74) is 0.738. The molecule has 5 heteroatoms. The van der Waals surface area contributed by atoms with E-state index in [0.29, 0.717) is 22.4 Å². The third-order valence-electron chi connectivity index (χ3n) is 2.48. The molecule has 98 valence electrons. The smallest absolute Gasteiger partial charge is 0.249 e. The van der Waals surface area contributed by atoms with E-state index >= 15 is 0 Å². The second kappa shape index (κ2) is 6.55. The summed E-state index contributed by atoms with van der Waals surface area (Å²) in [5.74, 6) is 0.347. The third kappa shape index (κ3) is 4.23. The van der Waals surface area contributed by atoms with Crippen LogP contribution in [0.4, 0.5) is 0 Å². The van der Waals surface area contributed by atoms with E-state index in [4.69, 9.17) is 23.2 Å². The lowest BCUT2D eigenvalue weighted by molar-refractivity contribution is -0.115. The number of dihydropyridines is 1. The van der Waals surface area contributed by atoms with Crippen LogP contribution in [0, 0.1) is 0 Å². The molecule has 1 aromatic carbocycles. The van der Waals surface area contributed by atoms with Crippen LogP contribution in [0.3, 0.4) is 0 Å². The van der Waals surface area contributed by atoms with Crippen LogP contribution < -0.4 is 5.32 Å². The maximum atomic E-state index is 11.7. The number of aliphatic imine (C=N–C) groups is 1. The summed E-state index contributed by atoms with van der Waals surface area (Å²) >= 11 is 11.8. The number of amides is 1. The van der Waals surface area contributed by atoms with Gasteiger partial charge in [0.1, 0.15) is 5.84 Å². The van der Waals surface area contributed by atoms with Crippen LogP contribution in [0.5, 0.6) is 0 Å². The second-order valence-electron chi connectivity index (χ2n) is 3.95. The molecule has 1 amide bonds. The van der Waals surface area contributed by atoms with Crippen molar-refractivity contribution in [1.29, 1.82) is 0 Å². The molecule has 1 heterocycles. The minimum Gasteiger partial charge on any atom is -0.307 e. The molecule has 19 heavy (non-hydrogen) atoms. The zero-order valence-electron chi connectivity index (χ0n) is 10.1. The van der Waals surface area contributed by atoms with Crippen molar-refractivity contribution < 1.29 is 4.79 Å². The summed E-state index contributed by atoms with van der Waals surface area (Å²) in [6.45, 7) is 0.707. The Morgan fingerprint density at radius 2 is 2.21 bits per heavy atom. The molecule has 0 saturated carbocycles. The molecule has 0 spiro atoms. The van der Waals surface area contributed by atoms with Crippen LogP contribution in [0.1, 0.15) is 12.0 Å². The van der Waals surface area contributed by atoms with Gasteiger partial charge in [0.05, 0.1) is 0 Å². The van der Waals surface area contributed by atoms with E-state index in [0.717, 1.165) is 12.0 Å². The van der Waals surface area contributed by atoms with Crippen LogP contribution in [0.15, 0.2) is 41.4 Å². The van der Waals surface area contributed by atoms with Crippen LogP contribution in [0.25, 0.3) is 6.08 Å². The van der Waals surface area contributed by atoms with Gasteiger partial charge in [-0.25, -0.2) is 0 Å². The Bertz CT molecular complexity index is 577. The first kappa shape index (κ1) is 13.8. The van der Waals surface area contributed by atoms with Gasteiger partial charge in [-0.05, 0) is 36.3 Å². The first-order valence-corrected chi connectivity index (χ1v) is 6.56. The zero-order chi connectivity index (χ0) is 13.7. The maximum Gasteiger partial charge on any atom is 0.249 e. The molecule has 0 fully saturated rings. The molecule has 0 bridgehead atoms. The van der Waals surface area contributed by atoms with E-state index in [1.807, 2.05) is 6.08 Å². The number of nitrogens with one attached hydrogen (secondary N) is 1. The van der Waals surface area contributed by atoms with Crippen LogP contribution >= 0.6 is 23.2 Å². The number of carbonyl (C=O) groups is 1. The van der Waals surface area contributed by atoms with Gasteiger partial charge < -0.3 is 5.32 Å². The van der Waals surface area contributed by atoms with Crippen LogP contribution in [-0.2, 0) is 4.79 Å². The van der Waals surface area contributed by atoms with Crippen molar-refractivity contribution in [2.24, 2.45) is 4.99 Å². The number of carbonyl (C=O) groups excluding carboxylic acids is 1. The molecule has 0 atom stereocenters. The highest BCUT2D eigenvalue weighted by atomic mass is 35.5. The number of benzene rings is 1. The zero-order valence-corrected chi connectivity index (χ0v) is 11.6. The van der Waals surface area contributed by atoms with Gasteiger partial charge in [-0.1, -0.05) is 35.3 Å². The van der Waals surface area contributed by atoms with E-state index in [2.05, 4.69) is 10.3 Å². The molecule has 1 aliphatic heterocycles. The van der Waals surface area contributed by atoms with Gasteiger partial charge in [0.15, 0.2) is 0 Å². The SMILES string of the molecule is O=C(/C=C/c1ccc(Cl)cc1Cl)NC1=NCCC=C1. The summed E-state index contributed by atoms with van der Waals surface area (Å²) in [7, 11) is 0. The molecule has 2 rings (SSSR count). The lowest BCUT2D eigenvalue weighted by Gasteiger charge is -2.05. The molecule has 0 saturated heterocycles. The highest BCUT2D eigenvalue weighted by Gasteiger charge is 2.03. The van der Waals surface area contributed by atoms with Gasteiger partial charge in [-0.15, -0.1) is 0 Å². The molecular weight excluding hydrogens is 283 g/mol. The fourth-order valence-corrected chi connectivity index (χ4v) is 2.03. The van der Waals surface area contributed by atoms with Gasteiger partial charge in [0, 0.05) is 22.7 Å². The van der Waals surface area contributed by atoms with Gasteiger partial charge in [-0.3, -0.25) is 9.79 Å². The Labute approximate surface area is 121 Å². The van der Waals surface area contributed by atoms with E-state index < -0.39 is 0 Å². The topological polar surface area (TPSA) is 41.5 Å². The monoisotopic (exact) mass is 294 g/mol. The fraction of sp³-hybridized carbons (Fsp3) is 0.143. The summed E-state index contributed by atoms with van der Waals surface area (Å²) < 4.78 is 0.